The molecule has 0 spiro atoms. The summed E-state index contributed by atoms with van der Waals surface area (Å²) >= 11 is 0. The Morgan fingerprint density at radius 1 is 1.38 bits per heavy atom. The van der Waals surface area contributed by atoms with Crippen LogP contribution in [0.15, 0.2) is 6.20 Å². The largest absolute Gasteiger partial charge is 0.381 e. The number of aromatic amines is 1. The third kappa shape index (κ3) is 6.09. The summed E-state index contributed by atoms with van der Waals surface area (Å²) in [5.74, 6) is 1.82. The molecule has 1 fully saturated rings. The Balaban J connectivity index is 1.99. The third-order valence-corrected chi connectivity index (χ3v) is 6.07. The van der Waals surface area contributed by atoms with Gasteiger partial charge in [-0.1, -0.05) is 41.0 Å². The van der Waals surface area contributed by atoms with E-state index in [1.54, 1.807) is 0 Å². The lowest BCUT2D eigenvalue weighted by Crippen LogP contribution is -2.35. The highest BCUT2D eigenvalue weighted by atomic mass is 16.5. The zero-order valence-electron chi connectivity index (χ0n) is 18.0. The maximum Gasteiger partial charge on any atom is 0.0535 e. The van der Waals surface area contributed by atoms with E-state index >= 15 is 0 Å². The highest BCUT2D eigenvalue weighted by Crippen LogP contribution is 2.47. The summed E-state index contributed by atoms with van der Waals surface area (Å²) in [5.41, 5.74) is 3.12. The zero-order chi connectivity index (χ0) is 19.2. The van der Waals surface area contributed by atoms with Crippen molar-refractivity contribution in [2.24, 2.45) is 17.3 Å². The molecule has 2 atom stereocenters. The minimum Gasteiger partial charge on any atom is -0.381 e. The molecule has 4 heteroatoms. The summed E-state index contributed by atoms with van der Waals surface area (Å²) in [4.78, 5) is 2.42. The first-order valence-corrected chi connectivity index (χ1v) is 10.6. The van der Waals surface area contributed by atoms with E-state index in [2.05, 4.69) is 56.8 Å². The average Bonchev–Trinajstić information content (AvgIpc) is 3.02. The van der Waals surface area contributed by atoms with Gasteiger partial charge < -0.3 is 9.64 Å². The van der Waals surface area contributed by atoms with Gasteiger partial charge in [0.2, 0.25) is 0 Å². The molecule has 1 aromatic heterocycles. The van der Waals surface area contributed by atoms with E-state index < -0.39 is 0 Å². The predicted molar refractivity (Wildman–Crippen MR) is 109 cm³/mol. The molecule has 1 aliphatic carbocycles. The summed E-state index contributed by atoms with van der Waals surface area (Å²) in [6.45, 7) is 15.4. The molecule has 1 N–H and O–H groups in total. The van der Waals surface area contributed by atoms with Gasteiger partial charge in [0.05, 0.1) is 6.20 Å². The van der Waals surface area contributed by atoms with Crippen molar-refractivity contribution >= 4 is 0 Å². The van der Waals surface area contributed by atoms with Gasteiger partial charge in [-0.2, -0.15) is 5.10 Å². The molecule has 0 bridgehead atoms. The van der Waals surface area contributed by atoms with Gasteiger partial charge in [0.1, 0.15) is 0 Å². The van der Waals surface area contributed by atoms with Crippen LogP contribution in [0.5, 0.6) is 0 Å². The quantitative estimate of drug-likeness (QED) is 0.619. The van der Waals surface area contributed by atoms with Crippen molar-refractivity contribution in [1.82, 2.24) is 15.1 Å². The zero-order valence-corrected chi connectivity index (χ0v) is 18.0. The van der Waals surface area contributed by atoms with Crippen molar-refractivity contribution in [1.29, 1.82) is 0 Å². The van der Waals surface area contributed by atoms with Crippen molar-refractivity contribution in [3.8, 4) is 0 Å². The molecule has 4 nitrogen and oxygen atoms in total. The van der Waals surface area contributed by atoms with Gasteiger partial charge in [-0.25, -0.2) is 0 Å². The average molecular weight is 364 g/mol. The number of rotatable bonds is 10. The molecule has 0 amide bonds. The number of hydrogen-bond donors (Lipinski definition) is 1. The van der Waals surface area contributed by atoms with Gasteiger partial charge in [-0.05, 0) is 56.5 Å². The van der Waals surface area contributed by atoms with E-state index in [1.165, 1.54) is 43.4 Å². The normalized spacial score (nSPS) is 23.1. The fourth-order valence-corrected chi connectivity index (χ4v) is 4.13. The third-order valence-electron chi connectivity index (χ3n) is 6.07. The van der Waals surface area contributed by atoms with Gasteiger partial charge in [0.15, 0.2) is 0 Å². The number of nitrogens with one attached hydrogen (secondary N) is 1. The van der Waals surface area contributed by atoms with Crippen LogP contribution >= 0.6 is 0 Å². The molecule has 0 saturated heterocycles. The number of unbranched alkanes of at least 4 members (excludes halogenated alkanes) is 1. The van der Waals surface area contributed by atoms with Crippen molar-refractivity contribution in [2.45, 2.75) is 79.2 Å². The van der Waals surface area contributed by atoms with Crippen LogP contribution in [-0.2, 0) is 11.3 Å². The van der Waals surface area contributed by atoms with Crippen LogP contribution in [-0.4, -0.2) is 41.9 Å². The second-order valence-electron chi connectivity index (χ2n) is 9.49. The molecule has 0 radical (unpaired) electrons. The fraction of sp³-hybridized carbons (Fsp3) is 0.864. The van der Waals surface area contributed by atoms with Crippen molar-refractivity contribution in [2.75, 3.05) is 26.8 Å². The smallest absolute Gasteiger partial charge is 0.0535 e. The molecular formula is C22H41N3O. The summed E-state index contributed by atoms with van der Waals surface area (Å²) in [5, 5.41) is 7.74. The van der Waals surface area contributed by atoms with Crippen molar-refractivity contribution in [3.05, 3.63) is 17.5 Å². The molecular weight excluding hydrogens is 322 g/mol. The minimum absolute atomic E-state index is 0.367. The molecule has 2 rings (SSSR count). The Bertz CT molecular complexity index is 523. The van der Waals surface area contributed by atoms with E-state index in [-0.39, 0.29) is 0 Å². The molecule has 0 aliphatic heterocycles. The minimum atomic E-state index is 0.367. The van der Waals surface area contributed by atoms with Crippen molar-refractivity contribution < 1.29 is 4.74 Å². The van der Waals surface area contributed by atoms with E-state index in [1.807, 2.05) is 6.20 Å². The van der Waals surface area contributed by atoms with Crippen LogP contribution in [0.1, 0.15) is 83.9 Å². The molecule has 150 valence electrons. The summed E-state index contributed by atoms with van der Waals surface area (Å²) in [7, 11) is 2.22. The molecule has 1 heterocycles. The van der Waals surface area contributed by atoms with Gasteiger partial charge >= 0.3 is 0 Å². The monoisotopic (exact) mass is 363 g/mol. The van der Waals surface area contributed by atoms with E-state index in [0.717, 1.165) is 26.3 Å². The van der Waals surface area contributed by atoms with E-state index in [4.69, 9.17) is 4.74 Å². The lowest BCUT2D eigenvalue weighted by atomic mass is 9.65. The van der Waals surface area contributed by atoms with Gasteiger partial charge in [0, 0.05) is 36.9 Å². The predicted octanol–water partition coefficient (Wildman–Crippen LogP) is 5.22. The van der Waals surface area contributed by atoms with Gasteiger partial charge in [0.25, 0.3) is 0 Å². The van der Waals surface area contributed by atoms with Gasteiger partial charge in [-0.3, -0.25) is 5.10 Å². The Labute approximate surface area is 161 Å². The van der Waals surface area contributed by atoms with Crippen molar-refractivity contribution in [3.63, 3.8) is 0 Å². The van der Waals surface area contributed by atoms with E-state index in [9.17, 15) is 0 Å². The topological polar surface area (TPSA) is 41.2 Å². The lowest BCUT2D eigenvalue weighted by molar-refractivity contribution is 0.00868. The molecule has 0 aromatic carbocycles. The Morgan fingerprint density at radius 2 is 2.15 bits per heavy atom. The van der Waals surface area contributed by atoms with Gasteiger partial charge in [-0.15, -0.1) is 0 Å². The van der Waals surface area contributed by atoms with Crippen LogP contribution in [0.2, 0.25) is 0 Å². The summed E-state index contributed by atoms with van der Waals surface area (Å²) in [6.07, 6.45) is 8.27. The molecule has 2 unspecified atom stereocenters. The molecule has 1 saturated carbocycles. The highest BCUT2D eigenvalue weighted by Gasteiger charge is 2.38. The Hall–Kier alpha value is -0.870. The highest BCUT2D eigenvalue weighted by molar-refractivity contribution is 5.21. The van der Waals surface area contributed by atoms with Crippen LogP contribution < -0.4 is 0 Å². The number of nitrogens with zero attached hydrogens (tertiary/aromatic N) is 2. The summed E-state index contributed by atoms with van der Waals surface area (Å²) < 4.78 is 6.04. The number of hydrogen-bond acceptors (Lipinski definition) is 3. The van der Waals surface area contributed by atoms with Crippen LogP contribution in [0.3, 0.4) is 0 Å². The first kappa shape index (κ1) is 21.4. The van der Waals surface area contributed by atoms with Crippen LogP contribution in [0, 0.1) is 17.3 Å². The Kier molecular flexibility index (Phi) is 8.15. The first-order chi connectivity index (χ1) is 12.3. The number of ether oxygens (including phenoxy) is 1. The standard InChI is InChI=1S/C22H41N3O/c1-7-8-11-25(6)14-19-13-23-24-21(19)18-9-10-22(4,5)20(12-18)16-26-15-17(2)3/h13,17-18,20H,7-12,14-16H2,1-6H3,(H,23,24). The molecule has 1 aliphatic rings. The fourth-order valence-electron chi connectivity index (χ4n) is 4.13. The SMILES string of the molecule is CCCCN(C)Cc1cn[nH]c1C1CCC(C)(C)C(COCC(C)C)C1. The second kappa shape index (κ2) is 9.89. The van der Waals surface area contributed by atoms with Crippen LogP contribution in [0.25, 0.3) is 0 Å². The summed E-state index contributed by atoms with van der Waals surface area (Å²) in [6, 6.07) is 0. The first-order valence-electron chi connectivity index (χ1n) is 10.6. The lowest BCUT2D eigenvalue weighted by Gasteiger charge is -2.42. The van der Waals surface area contributed by atoms with Crippen LogP contribution in [0.4, 0.5) is 0 Å². The number of aromatic nitrogens is 2. The maximum absolute atomic E-state index is 6.04. The second-order valence-corrected chi connectivity index (χ2v) is 9.49. The molecule has 1 aromatic rings. The maximum atomic E-state index is 6.04. The Morgan fingerprint density at radius 3 is 2.85 bits per heavy atom. The number of H-pyrrole nitrogens is 1. The molecule has 26 heavy (non-hydrogen) atoms. The van der Waals surface area contributed by atoms with E-state index in [0.29, 0.717) is 23.2 Å².